The first-order chi connectivity index (χ1) is 9.08. The van der Waals surface area contributed by atoms with Crippen molar-refractivity contribution in [3.8, 4) is 0 Å². The molecular weight excluding hydrogens is 252 g/mol. The zero-order chi connectivity index (χ0) is 14.3. The summed E-state index contributed by atoms with van der Waals surface area (Å²) in [6.07, 6.45) is 2.53. The Labute approximate surface area is 112 Å². The molecule has 0 saturated heterocycles. The van der Waals surface area contributed by atoms with E-state index in [0.29, 0.717) is 18.5 Å². The quantitative estimate of drug-likeness (QED) is 0.775. The van der Waals surface area contributed by atoms with Crippen LogP contribution < -0.4 is 5.32 Å². The van der Waals surface area contributed by atoms with Gasteiger partial charge in [0.2, 0.25) is 0 Å². The van der Waals surface area contributed by atoms with Crippen molar-refractivity contribution in [2.75, 3.05) is 7.11 Å². The molecule has 1 atom stereocenters. The van der Waals surface area contributed by atoms with Crippen molar-refractivity contribution >= 4 is 5.97 Å². The number of halogens is 2. The van der Waals surface area contributed by atoms with E-state index in [1.165, 1.54) is 13.2 Å². The largest absolute Gasteiger partial charge is 0.468 e. The number of unbranched alkanes of at least 4 members (excludes halogenated alkanes) is 1. The third-order valence-corrected chi connectivity index (χ3v) is 2.87. The Morgan fingerprint density at radius 2 is 2.11 bits per heavy atom. The van der Waals surface area contributed by atoms with Crippen molar-refractivity contribution in [2.45, 2.75) is 38.8 Å². The average Bonchev–Trinajstić information content (AvgIpc) is 2.42. The standard InChI is InChI=1S/C14H19F2NO2/c1-3-4-5-13(14(18)19-2)17-9-10-6-7-11(15)12(16)8-10/h6-8,13,17H,3-5,9H2,1-2H3. The Bertz CT molecular complexity index is 424. The maximum absolute atomic E-state index is 13.0. The van der Waals surface area contributed by atoms with E-state index in [2.05, 4.69) is 5.32 Å². The Morgan fingerprint density at radius 3 is 2.68 bits per heavy atom. The average molecular weight is 271 g/mol. The maximum Gasteiger partial charge on any atom is 0.322 e. The number of rotatable bonds is 7. The van der Waals surface area contributed by atoms with Gasteiger partial charge in [0.1, 0.15) is 6.04 Å². The summed E-state index contributed by atoms with van der Waals surface area (Å²) in [4.78, 5) is 11.5. The predicted octanol–water partition coefficient (Wildman–Crippen LogP) is 2.79. The molecule has 5 heteroatoms. The van der Waals surface area contributed by atoms with Gasteiger partial charge in [0.25, 0.3) is 0 Å². The molecule has 0 radical (unpaired) electrons. The molecule has 0 heterocycles. The lowest BCUT2D eigenvalue weighted by molar-refractivity contribution is -0.143. The number of nitrogens with one attached hydrogen (secondary N) is 1. The minimum absolute atomic E-state index is 0.292. The summed E-state index contributed by atoms with van der Waals surface area (Å²) >= 11 is 0. The molecule has 1 aromatic rings. The zero-order valence-corrected chi connectivity index (χ0v) is 11.2. The fraction of sp³-hybridized carbons (Fsp3) is 0.500. The minimum atomic E-state index is -0.887. The zero-order valence-electron chi connectivity index (χ0n) is 11.2. The van der Waals surface area contributed by atoms with Crippen molar-refractivity contribution in [3.05, 3.63) is 35.4 Å². The normalized spacial score (nSPS) is 12.2. The van der Waals surface area contributed by atoms with E-state index in [-0.39, 0.29) is 5.97 Å². The van der Waals surface area contributed by atoms with E-state index < -0.39 is 17.7 Å². The van der Waals surface area contributed by atoms with Crippen LogP contribution in [0.2, 0.25) is 0 Å². The molecule has 0 aromatic heterocycles. The highest BCUT2D eigenvalue weighted by molar-refractivity contribution is 5.75. The lowest BCUT2D eigenvalue weighted by Gasteiger charge is -2.16. The first-order valence-corrected chi connectivity index (χ1v) is 6.33. The van der Waals surface area contributed by atoms with Gasteiger partial charge in [-0.2, -0.15) is 0 Å². The fourth-order valence-electron chi connectivity index (χ4n) is 1.74. The summed E-state index contributed by atoms with van der Waals surface area (Å²) in [5, 5.41) is 3.00. The van der Waals surface area contributed by atoms with Gasteiger partial charge in [0.05, 0.1) is 7.11 Å². The molecule has 3 nitrogen and oxygen atoms in total. The van der Waals surface area contributed by atoms with E-state index >= 15 is 0 Å². The molecule has 1 rings (SSSR count). The van der Waals surface area contributed by atoms with Crippen molar-refractivity contribution < 1.29 is 18.3 Å². The van der Waals surface area contributed by atoms with Gasteiger partial charge in [-0.05, 0) is 24.1 Å². The van der Waals surface area contributed by atoms with Crippen LogP contribution in [-0.2, 0) is 16.1 Å². The lowest BCUT2D eigenvalue weighted by Crippen LogP contribution is -2.37. The van der Waals surface area contributed by atoms with E-state index in [1.807, 2.05) is 6.92 Å². The maximum atomic E-state index is 13.0. The van der Waals surface area contributed by atoms with Gasteiger partial charge in [-0.15, -0.1) is 0 Å². The molecule has 0 amide bonds. The summed E-state index contributed by atoms with van der Waals surface area (Å²) < 4.78 is 30.5. The van der Waals surface area contributed by atoms with Crippen molar-refractivity contribution in [1.82, 2.24) is 5.32 Å². The van der Waals surface area contributed by atoms with Gasteiger partial charge in [-0.3, -0.25) is 4.79 Å². The van der Waals surface area contributed by atoms with E-state index in [0.717, 1.165) is 25.0 Å². The van der Waals surface area contributed by atoms with E-state index in [4.69, 9.17) is 4.74 Å². The Kier molecular flexibility index (Phi) is 6.42. The Hall–Kier alpha value is -1.49. The Morgan fingerprint density at radius 1 is 1.37 bits per heavy atom. The van der Waals surface area contributed by atoms with Gasteiger partial charge in [-0.1, -0.05) is 25.8 Å². The molecule has 0 aliphatic heterocycles. The van der Waals surface area contributed by atoms with E-state index in [1.54, 1.807) is 0 Å². The second-order valence-electron chi connectivity index (χ2n) is 4.35. The second kappa shape index (κ2) is 7.84. The van der Waals surface area contributed by atoms with Gasteiger partial charge in [-0.25, -0.2) is 8.78 Å². The number of ether oxygens (including phenoxy) is 1. The van der Waals surface area contributed by atoms with Crippen LogP contribution in [0.5, 0.6) is 0 Å². The van der Waals surface area contributed by atoms with Crippen LogP contribution in [0.4, 0.5) is 8.78 Å². The highest BCUT2D eigenvalue weighted by Gasteiger charge is 2.17. The SMILES string of the molecule is CCCCC(NCc1ccc(F)c(F)c1)C(=O)OC. The number of hydrogen-bond acceptors (Lipinski definition) is 3. The molecule has 1 unspecified atom stereocenters. The molecule has 0 bridgehead atoms. The van der Waals surface area contributed by atoms with Crippen molar-refractivity contribution in [1.29, 1.82) is 0 Å². The topological polar surface area (TPSA) is 38.3 Å². The summed E-state index contributed by atoms with van der Waals surface area (Å²) in [6, 6.07) is 3.26. The number of carbonyl (C=O) groups is 1. The van der Waals surface area contributed by atoms with Gasteiger partial charge in [0.15, 0.2) is 11.6 Å². The van der Waals surface area contributed by atoms with Crippen LogP contribution in [-0.4, -0.2) is 19.1 Å². The van der Waals surface area contributed by atoms with Gasteiger partial charge >= 0.3 is 5.97 Å². The molecule has 0 saturated carbocycles. The highest BCUT2D eigenvalue weighted by Crippen LogP contribution is 2.10. The molecular formula is C14H19F2NO2. The van der Waals surface area contributed by atoms with Crippen LogP contribution in [0.15, 0.2) is 18.2 Å². The second-order valence-corrected chi connectivity index (χ2v) is 4.35. The smallest absolute Gasteiger partial charge is 0.322 e. The number of hydrogen-bond donors (Lipinski definition) is 1. The Balaban J connectivity index is 2.59. The van der Waals surface area contributed by atoms with Crippen LogP contribution in [0.3, 0.4) is 0 Å². The number of methoxy groups -OCH3 is 1. The monoisotopic (exact) mass is 271 g/mol. The summed E-state index contributed by atoms with van der Waals surface area (Å²) in [5.41, 5.74) is 0.587. The van der Waals surface area contributed by atoms with Gasteiger partial charge in [0, 0.05) is 6.54 Å². The summed E-state index contributed by atoms with van der Waals surface area (Å²) in [5.74, 6) is -2.10. The number of esters is 1. The van der Waals surface area contributed by atoms with Gasteiger partial charge < -0.3 is 10.1 Å². The molecule has 19 heavy (non-hydrogen) atoms. The fourth-order valence-corrected chi connectivity index (χ4v) is 1.74. The van der Waals surface area contributed by atoms with Crippen molar-refractivity contribution in [3.63, 3.8) is 0 Å². The molecule has 1 N–H and O–H groups in total. The summed E-state index contributed by atoms with van der Waals surface area (Å²) in [6.45, 7) is 2.32. The van der Waals surface area contributed by atoms with Crippen molar-refractivity contribution in [2.24, 2.45) is 0 Å². The molecule has 106 valence electrons. The summed E-state index contributed by atoms with van der Waals surface area (Å²) in [7, 11) is 1.33. The third kappa shape index (κ3) is 4.95. The molecule has 1 aromatic carbocycles. The predicted molar refractivity (Wildman–Crippen MR) is 68.5 cm³/mol. The molecule has 0 aliphatic rings. The number of benzene rings is 1. The lowest BCUT2D eigenvalue weighted by atomic mass is 10.1. The van der Waals surface area contributed by atoms with Crippen LogP contribution in [0.1, 0.15) is 31.7 Å². The first kappa shape index (κ1) is 15.6. The van der Waals surface area contributed by atoms with Crippen LogP contribution >= 0.6 is 0 Å². The minimum Gasteiger partial charge on any atom is -0.468 e. The molecule has 0 spiro atoms. The van der Waals surface area contributed by atoms with Crippen LogP contribution in [0.25, 0.3) is 0 Å². The first-order valence-electron chi connectivity index (χ1n) is 6.33. The highest BCUT2D eigenvalue weighted by atomic mass is 19.2. The van der Waals surface area contributed by atoms with Crippen LogP contribution in [0, 0.1) is 11.6 Å². The number of carbonyl (C=O) groups excluding carboxylic acids is 1. The third-order valence-electron chi connectivity index (χ3n) is 2.87. The molecule has 0 fully saturated rings. The van der Waals surface area contributed by atoms with E-state index in [9.17, 15) is 13.6 Å². The molecule has 0 aliphatic carbocycles.